The van der Waals surface area contributed by atoms with E-state index < -0.39 is 46.8 Å². The van der Waals surface area contributed by atoms with E-state index >= 15 is 0 Å². The molecule has 5 N–H and O–H groups in total. The number of alkyl halides is 3. The summed E-state index contributed by atoms with van der Waals surface area (Å²) >= 11 is 0. The van der Waals surface area contributed by atoms with Crippen LogP contribution in [-0.4, -0.2) is 83.6 Å². The Morgan fingerprint density at radius 1 is 0.384 bits per heavy atom. The number of amides is 5. The number of nitrogens with zero attached hydrogens (tertiary/aromatic N) is 9. The minimum atomic E-state index is -4.46. The van der Waals surface area contributed by atoms with Crippen LogP contribution >= 0.6 is 0 Å². The molecule has 0 bridgehead atoms. The molecule has 628 valence electrons. The van der Waals surface area contributed by atoms with Crippen LogP contribution in [0.4, 0.5) is 66.2 Å². The van der Waals surface area contributed by atoms with Crippen molar-refractivity contribution in [2.45, 2.75) is 27.5 Å². The largest absolute Gasteiger partial charge is 0.497 e. The van der Waals surface area contributed by atoms with Gasteiger partial charge in [0.05, 0.1) is 61.7 Å². The first kappa shape index (κ1) is 90.4. The predicted molar refractivity (Wildman–Crippen MR) is 463 cm³/mol. The van der Waals surface area contributed by atoms with E-state index in [1.165, 1.54) is 75.0 Å². The number of aromatic nitrogens is 8. The van der Waals surface area contributed by atoms with E-state index in [1.54, 1.807) is 189 Å². The highest BCUT2D eigenvalue weighted by atomic mass is 19.4. The molecule has 0 fully saturated rings. The predicted octanol–water partition coefficient (Wildman–Crippen LogP) is 21.5. The normalized spacial score (nSPS) is 10.2. The fourth-order valence-corrected chi connectivity index (χ4v) is 11.0. The van der Waals surface area contributed by atoms with E-state index in [1.807, 2.05) is 74.5 Å². The van der Waals surface area contributed by atoms with Crippen LogP contribution in [0.3, 0.4) is 0 Å². The van der Waals surface area contributed by atoms with Gasteiger partial charge in [0.25, 0.3) is 29.5 Å². The van der Waals surface area contributed by atoms with Crippen LogP contribution in [0.5, 0.6) is 51.7 Å². The van der Waals surface area contributed by atoms with Crippen LogP contribution in [-0.2, 0) is 6.18 Å². The Balaban J connectivity index is 0.000000163. The molecule has 0 aliphatic rings. The molecule has 15 aromatic rings. The number of aryl methyl sites for hydroxylation is 2. The van der Waals surface area contributed by atoms with E-state index in [0.717, 1.165) is 35.5 Å². The number of carbonyl (C=O) groups excluding carboxylic acids is 5. The molecule has 0 radical (unpaired) electrons. The number of hydrogen-bond donors (Lipinski definition) is 5. The molecule has 0 aliphatic heterocycles. The van der Waals surface area contributed by atoms with Gasteiger partial charge in [0, 0.05) is 130 Å². The van der Waals surface area contributed by atoms with Crippen molar-refractivity contribution in [2.24, 2.45) is 0 Å². The molecule has 9 aromatic carbocycles. The first-order valence-electron chi connectivity index (χ1n) is 37.2. The molecule has 0 saturated heterocycles. The average molecular weight is 1690 g/mol. The lowest BCUT2D eigenvalue weighted by Gasteiger charge is -2.21. The number of hydrogen-bond acceptors (Lipinski definition) is 19. The van der Waals surface area contributed by atoms with Crippen LogP contribution in [0.15, 0.2) is 330 Å². The SMILES string of the molecule is C.C#Cc1cccc(C(=O)Nc2cc(F)c(F)c(Oc3cncnc3)c2)c1.COc1cccc(C(=O)Nc2cc(F)cc(Oc3cncnc3)c2)c1.Cc1cccc(C(=O)Nc2cccc(N(C)c3cncc(C(F)(F)F)c3)c2)c1.Cc1cccc(C(=O)Nc2cccc(Oc3cccnc3)c2)c1.O=C(Nc1cccc(Oc2cccnc2)c1)c1ccccn1. The van der Waals surface area contributed by atoms with Gasteiger partial charge in [0.15, 0.2) is 23.1 Å². The molecule has 6 heterocycles. The van der Waals surface area contributed by atoms with Crippen LogP contribution in [0.1, 0.15) is 81.6 Å². The van der Waals surface area contributed by atoms with Crippen molar-refractivity contribution in [3.05, 3.63) is 397 Å². The molecule has 0 spiro atoms. The van der Waals surface area contributed by atoms with Crippen LogP contribution in [0.25, 0.3) is 0 Å². The highest BCUT2D eigenvalue weighted by Gasteiger charge is 2.31. The van der Waals surface area contributed by atoms with Gasteiger partial charge in [0.1, 0.15) is 58.7 Å². The fraction of sp³-hybridized carbons (Fsp3) is 0.0632. The molecule has 0 atom stereocenters. The summed E-state index contributed by atoms with van der Waals surface area (Å²) in [6.07, 6.45) is 19.3. The minimum Gasteiger partial charge on any atom is -0.497 e. The number of terminal acetylenes is 1. The number of carbonyl (C=O) groups is 5. The van der Waals surface area contributed by atoms with Crippen LogP contribution < -0.4 is 55.2 Å². The van der Waals surface area contributed by atoms with Crippen LogP contribution in [0.2, 0.25) is 0 Å². The topological polar surface area (TPSA) is 298 Å². The highest BCUT2D eigenvalue weighted by Crippen LogP contribution is 2.35. The molecule has 6 aromatic heterocycles. The Kier molecular flexibility index (Phi) is 32.3. The first-order chi connectivity index (χ1) is 59.9. The van der Waals surface area contributed by atoms with Gasteiger partial charge in [-0.3, -0.25) is 43.9 Å². The van der Waals surface area contributed by atoms with E-state index in [-0.39, 0.29) is 59.3 Å². The van der Waals surface area contributed by atoms with Gasteiger partial charge in [-0.15, -0.1) is 6.42 Å². The third-order valence-electron chi connectivity index (χ3n) is 16.9. The maximum atomic E-state index is 14.0. The second kappa shape index (κ2) is 44.7. The van der Waals surface area contributed by atoms with Gasteiger partial charge in [-0.05, 0) is 166 Å². The number of ether oxygens (including phenoxy) is 5. The van der Waals surface area contributed by atoms with Crippen molar-refractivity contribution < 1.29 is 74.0 Å². The molecule has 30 heteroatoms. The lowest BCUT2D eigenvalue weighted by molar-refractivity contribution is -0.137. The maximum absolute atomic E-state index is 14.0. The Morgan fingerprint density at radius 2 is 0.848 bits per heavy atom. The number of rotatable bonds is 21. The molecule has 24 nitrogen and oxygen atoms in total. The zero-order chi connectivity index (χ0) is 87.7. The van der Waals surface area contributed by atoms with Crippen molar-refractivity contribution >= 4 is 69.3 Å². The average Bonchev–Trinajstić information content (AvgIpc) is 0.828. The van der Waals surface area contributed by atoms with Crippen molar-refractivity contribution in [1.29, 1.82) is 0 Å². The molecule has 125 heavy (non-hydrogen) atoms. The Bertz CT molecular complexity index is 6210. The van der Waals surface area contributed by atoms with E-state index in [9.17, 15) is 50.3 Å². The number of benzene rings is 9. The standard InChI is InChI=1S/C21H18F3N3O.C19H11F2N3O2.C19H16N2O2.C18H14FN3O3.C17H13N3O2.CH4/c1-14-5-3-6-15(9-14)20(28)26-17-7-4-8-18(11-17)27(2)19-10-16(12-25-13-19)21(22,23)24;1-2-12-4-3-5-13(6-12)19(25)24-14-7-16(20)18(21)17(8-14)26-15-9-22-11-23-10-15;1-14-5-2-6-15(11-14)19(22)21-16-7-3-8-17(12-16)23-18-9-4-10-20-13-18;1-24-15-4-2-3-12(5-15)18(23)22-14-6-13(19)7-16(8-14)25-17-9-20-11-21-10-17;21-17(16-8-1-2-10-19-16)20-13-5-3-6-14(11-13)22-15-7-4-9-18-12-15;/h3-13H,1-2H3,(H,26,28);1,3-11H,(H,24,25);2-13H,1H3,(H,21,22);2-11H,1H3,(H,22,23);1-12H,(H,20,21);1H4. The number of pyridine rings is 4. The second-order valence-corrected chi connectivity index (χ2v) is 26.2. The van der Waals surface area contributed by atoms with Crippen molar-refractivity contribution in [3.63, 3.8) is 0 Å². The summed E-state index contributed by atoms with van der Waals surface area (Å²) in [5.74, 6) is 1.30. The monoisotopic (exact) mass is 1690 g/mol. The molecular weight excluding hydrogens is 1610 g/mol. The van der Waals surface area contributed by atoms with Crippen molar-refractivity contribution in [1.82, 2.24) is 39.9 Å². The Hall–Kier alpha value is -17.0. The van der Waals surface area contributed by atoms with E-state index in [4.69, 9.17) is 30.1 Å². The number of halogens is 6. The van der Waals surface area contributed by atoms with Gasteiger partial charge < -0.3 is 55.2 Å². The molecule has 0 aliphatic carbocycles. The van der Waals surface area contributed by atoms with Crippen LogP contribution in [0, 0.1) is 43.6 Å². The molecular formula is C95H76F6N14O10. The summed E-state index contributed by atoms with van der Waals surface area (Å²) in [6.45, 7) is 3.86. The zero-order valence-electron chi connectivity index (χ0n) is 66.1. The summed E-state index contributed by atoms with van der Waals surface area (Å²) in [5, 5.41) is 13.6. The lowest BCUT2D eigenvalue weighted by atomic mass is 10.1. The molecule has 5 amide bonds. The van der Waals surface area contributed by atoms with Gasteiger partial charge in [-0.1, -0.05) is 85.1 Å². The summed E-state index contributed by atoms with van der Waals surface area (Å²) in [6, 6.07) is 68.3. The van der Waals surface area contributed by atoms with E-state index in [0.29, 0.717) is 85.2 Å². The molecule has 0 unspecified atom stereocenters. The number of nitrogens with one attached hydrogen (secondary N) is 5. The first-order valence-corrected chi connectivity index (χ1v) is 37.2. The van der Waals surface area contributed by atoms with Crippen molar-refractivity contribution in [3.8, 4) is 64.1 Å². The summed E-state index contributed by atoms with van der Waals surface area (Å²) in [5.41, 5.74) is 6.95. The quantitative estimate of drug-likeness (QED) is 0.0330. The minimum absolute atomic E-state index is 0. The summed E-state index contributed by atoms with van der Waals surface area (Å²) in [7, 11) is 3.15. The van der Waals surface area contributed by atoms with Gasteiger partial charge in [0.2, 0.25) is 5.82 Å². The number of anilines is 7. The number of methoxy groups -OCH3 is 1. The highest BCUT2D eigenvalue weighted by molar-refractivity contribution is 6.07. The van der Waals surface area contributed by atoms with Crippen molar-refractivity contribution in [2.75, 3.05) is 45.6 Å². The Morgan fingerprint density at radius 3 is 1.38 bits per heavy atom. The lowest BCUT2D eigenvalue weighted by Crippen LogP contribution is -2.14. The van der Waals surface area contributed by atoms with E-state index in [2.05, 4.69) is 72.4 Å². The summed E-state index contributed by atoms with van der Waals surface area (Å²) < 4.78 is 108. The zero-order valence-corrected chi connectivity index (χ0v) is 66.1. The third-order valence-corrected chi connectivity index (χ3v) is 16.9. The fourth-order valence-electron chi connectivity index (χ4n) is 11.0. The second-order valence-electron chi connectivity index (χ2n) is 26.2. The smallest absolute Gasteiger partial charge is 0.417 e. The molecule has 0 saturated carbocycles. The third kappa shape index (κ3) is 28.1. The van der Waals surface area contributed by atoms with Gasteiger partial charge >= 0.3 is 6.18 Å². The summed E-state index contributed by atoms with van der Waals surface area (Å²) in [4.78, 5) is 93.7. The molecule has 15 rings (SSSR count). The van der Waals surface area contributed by atoms with Gasteiger partial charge in [-0.2, -0.15) is 17.6 Å². The van der Waals surface area contributed by atoms with Gasteiger partial charge in [-0.25, -0.2) is 28.7 Å². The maximum Gasteiger partial charge on any atom is 0.417 e. The Labute approximate surface area is 714 Å².